The van der Waals surface area contributed by atoms with Crippen LogP contribution >= 0.6 is 0 Å². The highest BCUT2D eigenvalue weighted by Crippen LogP contribution is 2.46. The number of rotatable bonds is 2. The van der Waals surface area contributed by atoms with E-state index in [0.29, 0.717) is 27.2 Å². The van der Waals surface area contributed by atoms with Crippen LogP contribution in [0.4, 0.5) is 11.4 Å². The number of nitrogens with two attached hydrogens (primary N) is 2. The molecule has 0 aliphatic rings. The Bertz CT molecular complexity index is 1480. The van der Waals surface area contributed by atoms with Gasteiger partial charge < -0.3 is 21.7 Å². The number of fused-ring (bicyclic) bond motifs is 2. The zero-order valence-corrected chi connectivity index (χ0v) is 14.5. The molecule has 28 heavy (non-hydrogen) atoms. The van der Waals surface area contributed by atoms with Gasteiger partial charge in [-0.25, -0.2) is 9.59 Å². The van der Waals surface area contributed by atoms with E-state index < -0.39 is 17.5 Å². The molecule has 0 atom stereocenters. The third kappa shape index (κ3) is 1.81. The van der Waals surface area contributed by atoms with Crippen LogP contribution < -0.4 is 11.5 Å². The monoisotopic (exact) mass is 370 g/mol. The normalized spacial score (nSPS) is 11.7. The van der Waals surface area contributed by atoms with E-state index >= 15 is 0 Å². The molecule has 0 aliphatic heterocycles. The Morgan fingerprint density at radius 1 is 0.643 bits per heavy atom. The van der Waals surface area contributed by atoms with E-state index in [1.807, 2.05) is 36.4 Å². The first-order chi connectivity index (χ1) is 13.4. The molecule has 0 unspecified atom stereocenters. The molecule has 6 N–H and O–H groups in total. The first-order valence-corrected chi connectivity index (χ1v) is 8.58. The molecule has 136 valence electrons. The third-order valence-electron chi connectivity index (χ3n) is 5.42. The Balaban J connectivity index is 2.31. The van der Waals surface area contributed by atoms with E-state index in [1.165, 1.54) is 0 Å². The molecule has 0 amide bonds. The molecule has 0 saturated heterocycles. The van der Waals surface area contributed by atoms with Crippen LogP contribution in [0.3, 0.4) is 0 Å². The topological polar surface area (TPSA) is 127 Å². The summed E-state index contributed by atoms with van der Waals surface area (Å²) in [5.41, 5.74) is 11.8. The Hall–Kier alpha value is -4.06. The van der Waals surface area contributed by atoms with Gasteiger partial charge in [0.1, 0.15) is 0 Å². The highest BCUT2D eigenvalue weighted by atomic mass is 16.4. The van der Waals surface area contributed by atoms with Gasteiger partial charge in [-0.3, -0.25) is 0 Å². The first-order valence-electron chi connectivity index (χ1n) is 8.58. The van der Waals surface area contributed by atoms with Crippen molar-refractivity contribution in [1.29, 1.82) is 0 Å². The molecule has 0 saturated carbocycles. The number of benzene rings is 5. The van der Waals surface area contributed by atoms with Gasteiger partial charge in [0.2, 0.25) is 0 Å². The van der Waals surface area contributed by atoms with Crippen molar-refractivity contribution in [3.8, 4) is 0 Å². The number of aromatic carboxylic acids is 2. The lowest BCUT2D eigenvalue weighted by molar-refractivity contribution is 0.0654. The van der Waals surface area contributed by atoms with E-state index in [0.717, 1.165) is 21.5 Å². The van der Waals surface area contributed by atoms with Crippen LogP contribution in [0.5, 0.6) is 0 Å². The Morgan fingerprint density at radius 2 is 1.25 bits per heavy atom. The van der Waals surface area contributed by atoms with E-state index in [1.54, 1.807) is 12.1 Å². The molecule has 5 aromatic carbocycles. The Kier molecular flexibility index (Phi) is 3.02. The van der Waals surface area contributed by atoms with Crippen LogP contribution in [0.1, 0.15) is 20.7 Å². The first kappa shape index (κ1) is 16.1. The minimum absolute atomic E-state index is 0.130. The van der Waals surface area contributed by atoms with Gasteiger partial charge in [0.15, 0.2) is 0 Å². The maximum absolute atomic E-state index is 12.2. The minimum Gasteiger partial charge on any atom is -0.478 e. The molecule has 5 aromatic rings. The van der Waals surface area contributed by atoms with Crippen molar-refractivity contribution in [2.75, 3.05) is 11.5 Å². The van der Waals surface area contributed by atoms with Crippen LogP contribution in [0.2, 0.25) is 0 Å². The molecule has 5 rings (SSSR count). The van der Waals surface area contributed by atoms with Crippen LogP contribution in [0.15, 0.2) is 48.5 Å². The summed E-state index contributed by atoms with van der Waals surface area (Å²) in [5.74, 6) is -2.74. The predicted octanol–water partition coefficient (Wildman–Crippen LogP) is 4.30. The molecule has 0 radical (unpaired) electrons. The maximum Gasteiger partial charge on any atom is 0.338 e. The van der Waals surface area contributed by atoms with Crippen molar-refractivity contribution in [2.24, 2.45) is 0 Å². The highest BCUT2D eigenvalue weighted by Gasteiger charge is 2.28. The van der Waals surface area contributed by atoms with Gasteiger partial charge >= 0.3 is 11.9 Å². The largest absolute Gasteiger partial charge is 0.478 e. The molecule has 6 nitrogen and oxygen atoms in total. The van der Waals surface area contributed by atoms with Crippen LogP contribution in [-0.4, -0.2) is 22.2 Å². The predicted molar refractivity (Wildman–Crippen MR) is 110 cm³/mol. The SMILES string of the molecule is Nc1ccc2c3cccc4cccc(c5c(C(=O)O)c(C(=O)O)c(N)c1c25)c43. The number of nitrogen functional groups attached to an aromatic ring is 2. The van der Waals surface area contributed by atoms with Crippen molar-refractivity contribution in [3.63, 3.8) is 0 Å². The number of anilines is 2. The summed E-state index contributed by atoms with van der Waals surface area (Å²) in [4.78, 5) is 24.2. The Morgan fingerprint density at radius 3 is 1.89 bits per heavy atom. The number of hydrogen-bond acceptors (Lipinski definition) is 4. The summed E-state index contributed by atoms with van der Waals surface area (Å²) in [7, 11) is 0. The van der Waals surface area contributed by atoms with E-state index in [9.17, 15) is 19.8 Å². The second-order valence-corrected chi connectivity index (χ2v) is 6.81. The zero-order valence-electron chi connectivity index (χ0n) is 14.5. The second-order valence-electron chi connectivity index (χ2n) is 6.81. The molecule has 6 heteroatoms. The molecule has 0 bridgehead atoms. The van der Waals surface area contributed by atoms with E-state index in [-0.39, 0.29) is 11.3 Å². The standard InChI is InChI=1S/C22H14N2O4/c23-13-8-7-11-10-5-1-3-9-4-2-6-12(14(9)10)16-15(11)17(13)20(24)19(22(27)28)18(16)21(25)26/h1-8H,23-24H2,(H,25,26)(H,27,28). The average Bonchev–Trinajstić information content (AvgIpc) is 2.66. The second kappa shape index (κ2) is 5.23. The van der Waals surface area contributed by atoms with Crippen LogP contribution in [0, 0.1) is 0 Å². The maximum atomic E-state index is 12.2. The number of carboxylic acids is 2. The van der Waals surface area contributed by atoms with E-state index in [2.05, 4.69) is 0 Å². The van der Waals surface area contributed by atoms with Gasteiger partial charge in [-0.05, 0) is 33.0 Å². The quantitative estimate of drug-likeness (QED) is 0.208. The lowest BCUT2D eigenvalue weighted by Crippen LogP contribution is -2.13. The summed E-state index contributed by atoms with van der Waals surface area (Å²) in [6, 6.07) is 14.9. The fraction of sp³-hybridized carbons (Fsp3) is 0. The van der Waals surface area contributed by atoms with Gasteiger partial charge in [0, 0.05) is 21.8 Å². The van der Waals surface area contributed by atoms with Gasteiger partial charge in [-0.2, -0.15) is 0 Å². The molecule has 0 aliphatic carbocycles. The summed E-state index contributed by atoms with van der Waals surface area (Å²) in [6.45, 7) is 0. The number of carboxylic acid groups (broad SMARTS) is 2. The molecular formula is C22H14N2O4. The summed E-state index contributed by atoms with van der Waals surface area (Å²) in [5, 5.41) is 25.2. The lowest BCUT2D eigenvalue weighted by Gasteiger charge is -2.20. The summed E-state index contributed by atoms with van der Waals surface area (Å²) in [6.07, 6.45) is 0. The molecule has 0 spiro atoms. The molecule has 0 aromatic heterocycles. The van der Waals surface area contributed by atoms with Crippen molar-refractivity contribution in [2.45, 2.75) is 0 Å². The number of carbonyl (C=O) groups is 2. The number of hydrogen-bond donors (Lipinski definition) is 4. The van der Waals surface area contributed by atoms with Gasteiger partial charge in [-0.1, -0.05) is 42.5 Å². The summed E-state index contributed by atoms with van der Waals surface area (Å²) >= 11 is 0. The van der Waals surface area contributed by atoms with E-state index in [4.69, 9.17) is 11.5 Å². The lowest BCUT2D eigenvalue weighted by atomic mass is 9.84. The highest BCUT2D eigenvalue weighted by molar-refractivity contribution is 6.39. The third-order valence-corrected chi connectivity index (χ3v) is 5.42. The van der Waals surface area contributed by atoms with Crippen LogP contribution in [-0.2, 0) is 0 Å². The van der Waals surface area contributed by atoms with Crippen molar-refractivity contribution < 1.29 is 19.8 Å². The molecule has 0 heterocycles. The molecule has 0 fully saturated rings. The fourth-order valence-corrected chi connectivity index (χ4v) is 4.38. The van der Waals surface area contributed by atoms with Gasteiger partial charge in [0.25, 0.3) is 0 Å². The average molecular weight is 370 g/mol. The van der Waals surface area contributed by atoms with Crippen molar-refractivity contribution in [3.05, 3.63) is 59.7 Å². The smallest absolute Gasteiger partial charge is 0.338 e. The van der Waals surface area contributed by atoms with Crippen LogP contribution in [0.25, 0.3) is 43.1 Å². The zero-order chi connectivity index (χ0) is 19.7. The van der Waals surface area contributed by atoms with Gasteiger partial charge in [0.05, 0.1) is 16.8 Å². The fourth-order valence-electron chi connectivity index (χ4n) is 4.38. The van der Waals surface area contributed by atoms with Crippen molar-refractivity contribution in [1.82, 2.24) is 0 Å². The minimum atomic E-state index is -1.40. The van der Waals surface area contributed by atoms with Gasteiger partial charge in [-0.15, -0.1) is 0 Å². The summed E-state index contributed by atoms with van der Waals surface area (Å²) < 4.78 is 0. The molecular weight excluding hydrogens is 356 g/mol. The Labute approximate surface area is 157 Å². The van der Waals surface area contributed by atoms with Crippen molar-refractivity contribution >= 4 is 66.4 Å².